The van der Waals surface area contributed by atoms with Gasteiger partial charge in [0.2, 0.25) is 0 Å². The fraction of sp³-hybridized carbons (Fsp3) is 0.0625. The van der Waals surface area contributed by atoms with Gasteiger partial charge in [0, 0.05) is 22.8 Å². The lowest BCUT2D eigenvalue weighted by Gasteiger charge is -2.05. The van der Waals surface area contributed by atoms with Crippen molar-refractivity contribution in [3.8, 4) is 0 Å². The van der Waals surface area contributed by atoms with Gasteiger partial charge in [0.15, 0.2) is 6.61 Å². The number of amides is 2. The number of benzene rings is 2. The minimum Gasteiger partial charge on any atom is -0.385 e. The van der Waals surface area contributed by atoms with Gasteiger partial charge < -0.3 is 15.5 Å². The molecule has 0 spiro atoms. The predicted octanol–water partition coefficient (Wildman–Crippen LogP) is 2.97. The molecule has 0 aliphatic heterocycles. The molecule has 2 rings (SSSR count). The number of anilines is 2. The van der Waals surface area contributed by atoms with Crippen molar-refractivity contribution in [2.75, 3.05) is 17.2 Å². The Morgan fingerprint density at radius 3 is 2.74 bits per heavy atom. The molecule has 0 aromatic heterocycles. The zero-order chi connectivity index (χ0) is 19.8. The van der Waals surface area contributed by atoms with Gasteiger partial charge in [-0.2, -0.15) is 0 Å². The lowest BCUT2D eigenvalue weighted by Crippen LogP contribution is -2.18. The maximum Gasteiger partial charge on any atom is 0.271 e. The Labute approximate surface area is 156 Å². The quantitative estimate of drug-likeness (QED) is 0.424. The molecule has 0 saturated heterocycles. The topological polar surface area (TPSA) is 123 Å². The molecule has 0 atom stereocenters. The molecule has 9 nitrogen and oxygen atoms in total. The maximum absolute atomic E-state index is 13.5. The Hall–Kier alpha value is -3.53. The van der Waals surface area contributed by atoms with E-state index in [9.17, 15) is 24.1 Å². The van der Waals surface area contributed by atoms with Crippen LogP contribution in [0.25, 0.3) is 0 Å². The van der Waals surface area contributed by atoms with E-state index in [1.54, 1.807) is 0 Å². The van der Waals surface area contributed by atoms with Gasteiger partial charge in [0.1, 0.15) is 12.0 Å². The van der Waals surface area contributed by atoms with Crippen molar-refractivity contribution >= 4 is 46.7 Å². The maximum atomic E-state index is 13.5. The van der Waals surface area contributed by atoms with E-state index in [1.807, 2.05) is 0 Å². The summed E-state index contributed by atoms with van der Waals surface area (Å²) in [7, 11) is 0. The highest BCUT2D eigenvalue weighted by Gasteiger charge is 2.09. The average Bonchev–Trinajstić information content (AvgIpc) is 2.61. The number of non-ortho nitro benzene ring substituents is 1. The molecule has 0 heterocycles. The number of hydrogen-bond acceptors (Lipinski definition) is 6. The first-order chi connectivity index (χ1) is 12.8. The normalized spacial score (nSPS) is 10.4. The molecule has 0 fully saturated rings. The van der Waals surface area contributed by atoms with Crippen molar-refractivity contribution in [1.82, 2.24) is 0 Å². The van der Waals surface area contributed by atoms with Crippen molar-refractivity contribution < 1.29 is 23.7 Å². The van der Waals surface area contributed by atoms with Crippen molar-refractivity contribution in [3.05, 3.63) is 63.4 Å². The van der Waals surface area contributed by atoms with Crippen LogP contribution in [-0.4, -0.2) is 29.6 Å². The van der Waals surface area contributed by atoms with E-state index < -0.39 is 29.2 Å². The van der Waals surface area contributed by atoms with Crippen LogP contribution in [-0.2, 0) is 14.4 Å². The second-order valence-corrected chi connectivity index (χ2v) is 5.41. The first-order valence-corrected chi connectivity index (χ1v) is 7.68. The van der Waals surface area contributed by atoms with Gasteiger partial charge in [-0.05, 0) is 24.3 Å². The van der Waals surface area contributed by atoms with Crippen LogP contribution in [0.15, 0.2) is 47.6 Å². The number of oxime groups is 1. The van der Waals surface area contributed by atoms with Crippen LogP contribution < -0.4 is 10.6 Å². The lowest BCUT2D eigenvalue weighted by molar-refractivity contribution is -0.384. The molecule has 0 unspecified atom stereocenters. The lowest BCUT2D eigenvalue weighted by atomic mass is 10.3. The third kappa shape index (κ3) is 6.36. The van der Waals surface area contributed by atoms with Gasteiger partial charge >= 0.3 is 0 Å². The number of halogens is 2. The molecule has 11 heteroatoms. The number of nitrogens with one attached hydrogen (secondary N) is 2. The third-order valence-electron chi connectivity index (χ3n) is 2.97. The highest BCUT2D eigenvalue weighted by molar-refractivity contribution is 6.31. The fourth-order valence-corrected chi connectivity index (χ4v) is 1.99. The molecular formula is C16H12ClFN4O5. The van der Waals surface area contributed by atoms with E-state index in [0.717, 1.165) is 12.3 Å². The van der Waals surface area contributed by atoms with Gasteiger partial charge in [-0.3, -0.25) is 19.7 Å². The monoisotopic (exact) mass is 394 g/mol. The molecule has 2 N–H and O–H groups in total. The number of nitrogens with zero attached hydrogens (tertiary/aromatic N) is 2. The van der Waals surface area contributed by atoms with Crippen LogP contribution in [0.4, 0.5) is 21.5 Å². The summed E-state index contributed by atoms with van der Waals surface area (Å²) in [5.41, 5.74) is -0.0795. The average molecular weight is 395 g/mol. The molecule has 27 heavy (non-hydrogen) atoms. The number of carbonyl (C=O) groups excluding carboxylic acids is 2. The molecule has 2 aromatic rings. The van der Waals surface area contributed by atoms with Crippen LogP contribution >= 0.6 is 11.6 Å². The first kappa shape index (κ1) is 19.8. The number of rotatable bonds is 7. The molecular weight excluding hydrogens is 383 g/mol. The standard InChI is InChI=1S/C16H12ClFN4O5/c17-10-4-5-14(13(18)6-10)21-16(24)9-27-19-8-15(23)20-11-2-1-3-12(7-11)22(25)26/h1-8H,9H2,(H,20,23)(H,21,24)/b19-8-. The summed E-state index contributed by atoms with van der Waals surface area (Å²) in [6.45, 7) is -0.567. The van der Waals surface area contributed by atoms with E-state index in [-0.39, 0.29) is 22.1 Å². The fourth-order valence-electron chi connectivity index (χ4n) is 1.83. The Morgan fingerprint density at radius 2 is 2.04 bits per heavy atom. The van der Waals surface area contributed by atoms with Gasteiger partial charge in [-0.25, -0.2) is 4.39 Å². The molecule has 0 aliphatic rings. The molecule has 2 aromatic carbocycles. The first-order valence-electron chi connectivity index (χ1n) is 7.31. The predicted molar refractivity (Wildman–Crippen MR) is 96.2 cm³/mol. The second-order valence-electron chi connectivity index (χ2n) is 4.98. The number of nitro groups is 1. The van der Waals surface area contributed by atoms with E-state index in [1.165, 1.54) is 36.4 Å². The van der Waals surface area contributed by atoms with Crippen molar-refractivity contribution in [2.45, 2.75) is 0 Å². The summed E-state index contributed by atoms with van der Waals surface area (Å²) in [5, 5.41) is 18.7. The van der Waals surface area contributed by atoms with E-state index in [0.29, 0.717) is 0 Å². The van der Waals surface area contributed by atoms with Gasteiger partial charge in [0.25, 0.3) is 17.5 Å². The highest BCUT2D eigenvalue weighted by atomic mass is 35.5. The van der Waals surface area contributed by atoms with Gasteiger partial charge in [-0.1, -0.05) is 22.8 Å². The second kappa shape index (κ2) is 9.25. The van der Waals surface area contributed by atoms with Gasteiger partial charge in [0.05, 0.1) is 10.6 Å². The third-order valence-corrected chi connectivity index (χ3v) is 3.20. The SMILES string of the molecule is O=C(/C=N\OCC(=O)Nc1ccc(Cl)cc1F)Nc1cccc([N+](=O)[O-])c1. The van der Waals surface area contributed by atoms with Crippen molar-refractivity contribution in [2.24, 2.45) is 5.16 Å². The van der Waals surface area contributed by atoms with Crippen LogP contribution in [0.1, 0.15) is 0 Å². The molecule has 0 radical (unpaired) electrons. The van der Waals surface area contributed by atoms with Crippen molar-refractivity contribution in [3.63, 3.8) is 0 Å². The molecule has 0 bridgehead atoms. The smallest absolute Gasteiger partial charge is 0.271 e. The Morgan fingerprint density at radius 1 is 1.26 bits per heavy atom. The number of hydrogen-bond donors (Lipinski definition) is 2. The van der Waals surface area contributed by atoms with Crippen LogP contribution in [0.3, 0.4) is 0 Å². The summed E-state index contributed by atoms with van der Waals surface area (Å²) in [6.07, 6.45) is 0.745. The molecule has 140 valence electrons. The molecule has 0 saturated carbocycles. The summed E-state index contributed by atoms with van der Waals surface area (Å²) in [6, 6.07) is 9.02. The number of carbonyl (C=O) groups is 2. The van der Waals surface area contributed by atoms with E-state index in [4.69, 9.17) is 11.6 Å². The Balaban J connectivity index is 1.79. The largest absolute Gasteiger partial charge is 0.385 e. The number of nitro benzene ring substituents is 1. The zero-order valence-electron chi connectivity index (χ0n) is 13.5. The minimum atomic E-state index is -0.723. The van der Waals surface area contributed by atoms with E-state index >= 15 is 0 Å². The summed E-state index contributed by atoms with van der Waals surface area (Å²) in [4.78, 5) is 37.9. The van der Waals surface area contributed by atoms with Crippen LogP contribution in [0.2, 0.25) is 5.02 Å². The van der Waals surface area contributed by atoms with Crippen LogP contribution in [0, 0.1) is 15.9 Å². The van der Waals surface area contributed by atoms with Gasteiger partial charge in [-0.15, -0.1) is 0 Å². The zero-order valence-corrected chi connectivity index (χ0v) is 14.3. The highest BCUT2D eigenvalue weighted by Crippen LogP contribution is 2.19. The Kier molecular flexibility index (Phi) is 6.78. The Bertz CT molecular complexity index is 906. The van der Waals surface area contributed by atoms with E-state index in [2.05, 4.69) is 20.6 Å². The molecule has 2 amide bonds. The molecule has 0 aliphatic carbocycles. The summed E-state index contributed by atoms with van der Waals surface area (Å²) >= 11 is 5.60. The van der Waals surface area contributed by atoms with Crippen LogP contribution in [0.5, 0.6) is 0 Å². The minimum absolute atomic E-state index is 0.0830. The summed E-state index contributed by atoms with van der Waals surface area (Å²) < 4.78 is 13.5. The summed E-state index contributed by atoms with van der Waals surface area (Å²) in [5.74, 6) is -2.14. The van der Waals surface area contributed by atoms with Crippen molar-refractivity contribution in [1.29, 1.82) is 0 Å².